The van der Waals surface area contributed by atoms with Gasteiger partial charge in [0.15, 0.2) is 0 Å². The van der Waals surface area contributed by atoms with Gasteiger partial charge in [-0.1, -0.05) is 11.6 Å². The number of halogens is 1. The van der Waals surface area contributed by atoms with Crippen LogP contribution in [0, 0.1) is 0 Å². The molecule has 1 amide bonds. The third-order valence-electron chi connectivity index (χ3n) is 2.67. The maximum atomic E-state index is 12.6. The Morgan fingerprint density at radius 1 is 1.33 bits per heavy atom. The number of hydrogen-bond donors (Lipinski definition) is 3. The zero-order valence-electron chi connectivity index (χ0n) is 11.8. The summed E-state index contributed by atoms with van der Waals surface area (Å²) in [6.07, 6.45) is 0. The van der Waals surface area contributed by atoms with Gasteiger partial charge in [0.05, 0.1) is 0 Å². The van der Waals surface area contributed by atoms with Crippen LogP contribution >= 0.6 is 11.6 Å². The molecule has 6 nitrogen and oxygen atoms in total. The number of fused-ring (bicyclic) bond motifs is 1. The van der Waals surface area contributed by atoms with E-state index in [1.807, 2.05) is 0 Å². The van der Waals surface area contributed by atoms with Crippen molar-refractivity contribution in [3.8, 4) is 0 Å². The highest BCUT2D eigenvalue weighted by Gasteiger charge is 2.30. The molecule has 0 aliphatic heterocycles. The minimum Gasteiger partial charge on any atom is -0.364 e. The van der Waals surface area contributed by atoms with Gasteiger partial charge >= 0.3 is 0 Å². The standard InChI is InChI=1S/C13H16ClN3O3S/c1-13(2,3)17-21(19,20)11-8-6-7(14)4-5-9(8)16-10(11)12(15)18/h4-6,16-17H,1-3H3,(H2,15,18). The Bertz CT molecular complexity index is 819. The van der Waals surface area contributed by atoms with Crippen LogP contribution in [-0.4, -0.2) is 24.8 Å². The molecule has 1 heterocycles. The molecule has 0 aliphatic carbocycles. The van der Waals surface area contributed by atoms with Gasteiger partial charge in [0.1, 0.15) is 10.6 Å². The average molecular weight is 330 g/mol. The molecule has 0 aliphatic rings. The van der Waals surface area contributed by atoms with Crippen LogP contribution in [0.5, 0.6) is 0 Å². The van der Waals surface area contributed by atoms with E-state index < -0.39 is 21.5 Å². The minimum absolute atomic E-state index is 0.163. The van der Waals surface area contributed by atoms with E-state index in [2.05, 4.69) is 9.71 Å². The van der Waals surface area contributed by atoms with E-state index in [9.17, 15) is 13.2 Å². The number of nitrogens with one attached hydrogen (secondary N) is 2. The Kier molecular flexibility index (Phi) is 3.77. The van der Waals surface area contributed by atoms with Crippen molar-refractivity contribution in [3.63, 3.8) is 0 Å². The van der Waals surface area contributed by atoms with E-state index in [0.29, 0.717) is 15.9 Å². The topological polar surface area (TPSA) is 105 Å². The third kappa shape index (κ3) is 3.20. The van der Waals surface area contributed by atoms with Gasteiger partial charge in [-0.15, -0.1) is 0 Å². The second-order valence-corrected chi connectivity index (χ2v) is 7.79. The lowest BCUT2D eigenvalue weighted by molar-refractivity contribution is 0.0993. The Labute approximate surface area is 127 Å². The van der Waals surface area contributed by atoms with Crippen molar-refractivity contribution in [2.75, 3.05) is 0 Å². The summed E-state index contributed by atoms with van der Waals surface area (Å²) < 4.78 is 27.7. The SMILES string of the molecule is CC(C)(C)NS(=O)(=O)c1c(C(N)=O)[nH]c2ccc(Cl)cc12. The number of aromatic nitrogens is 1. The van der Waals surface area contributed by atoms with E-state index in [-0.39, 0.29) is 10.6 Å². The highest BCUT2D eigenvalue weighted by molar-refractivity contribution is 7.89. The Morgan fingerprint density at radius 3 is 2.48 bits per heavy atom. The van der Waals surface area contributed by atoms with Crippen molar-refractivity contribution >= 4 is 38.4 Å². The molecular weight excluding hydrogens is 314 g/mol. The first-order chi connectivity index (χ1) is 9.51. The molecule has 21 heavy (non-hydrogen) atoms. The van der Waals surface area contributed by atoms with Gasteiger partial charge in [0.2, 0.25) is 10.0 Å². The van der Waals surface area contributed by atoms with E-state index >= 15 is 0 Å². The predicted molar refractivity (Wildman–Crippen MR) is 81.9 cm³/mol. The summed E-state index contributed by atoms with van der Waals surface area (Å²) >= 11 is 5.92. The van der Waals surface area contributed by atoms with Crippen LogP contribution < -0.4 is 10.5 Å². The fourth-order valence-corrected chi connectivity index (χ4v) is 4.01. The number of sulfonamides is 1. The first-order valence-electron chi connectivity index (χ1n) is 6.16. The van der Waals surface area contributed by atoms with Gasteiger partial charge in [-0.3, -0.25) is 4.79 Å². The first kappa shape index (κ1) is 15.8. The van der Waals surface area contributed by atoms with Gasteiger partial charge in [-0.05, 0) is 39.0 Å². The molecule has 114 valence electrons. The number of rotatable bonds is 3. The van der Waals surface area contributed by atoms with Crippen molar-refractivity contribution < 1.29 is 13.2 Å². The maximum Gasteiger partial charge on any atom is 0.266 e. The lowest BCUT2D eigenvalue weighted by atomic mass is 10.1. The molecule has 0 atom stereocenters. The molecule has 0 fully saturated rings. The van der Waals surface area contributed by atoms with Crippen LogP contribution in [0.1, 0.15) is 31.3 Å². The van der Waals surface area contributed by atoms with Crippen LogP contribution in [-0.2, 0) is 10.0 Å². The smallest absolute Gasteiger partial charge is 0.266 e. The summed E-state index contributed by atoms with van der Waals surface area (Å²) in [4.78, 5) is 14.1. The zero-order valence-corrected chi connectivity index (χ0v) is 13.4. The third-order valence-corrected chi connectivity index (χ3v) is 4.75. The molecule has 1 aromatic heterocycles. The molecule has 0 radical (unpaired) electrons. The minimum atomic E-state index is -3.93. The number of primary amides is 1. The molecule has 0 saturated carbocycles. The molecule has 0 bridgehead atoms. The lowest BCUT2D eigenvalue weighted by Gasteiger charge is -2.20. The van der Waals surface area contributed by atoms with E-state index in [4.69, 9.17) is 17.3 Å². The van der Waals surface area contributed by atoms with Crippen LogP contribution in [0.15, 0.2) is 23.1 Å². The van der Waals surface area contributed by atoms with Gasteiger partial charge in [0.25, 0.3) is 5.91 Å². The highest BCUT2D eigenvalue weighted by Crippen LogP contribution is 2.29. The van der Waals surface area contributed by atoms with Crippen molar-refractivity contribution in [2.45, 2.75) is 31.2 Å². The summed E-state index contributed by atoms with van der Waals surface area (Å²) in [5.74, 6) is -0.850. The second-order valence-electron chi connectivity index (χ2n) is 5.74. The summed E-state index contributed by atoms with van der Waals surface area (Å²) in [5, 5.41) is 0.692. The van der Waals surface area contributed by atoms with Gasteiger partial charge in [-0.25, -0.2) is 13.1 Å². The molecule has 0 saturated heterocycles. The van der Waals surface area contributed by atoms with Gasteiger partial charge in [-0.2, -0.15) is 0 Å². The normalized spacial score (nSPS) is 12.8. The zero-order chi connectivity index (χ0) is 16.0. The summed E-state index contributed by atoms with van der Waals surface area (Å²) in [7, 11) is -3.93. The Morgan fingerprint density at radius 2 is 1.95 bits per heavy atom. The number of benzene rings is 1. The number of hydrogen-bond acceptors (Lipinski definition) is 3. The average Bonchev–Trinajstić information content (AvgIpc) is 2.64. The summed E-state index contributed by atoms with van der Waals surface area (Å²) in [5.41, 5.74) is 4.89. The number of carbonyl (C=O) groups excluding carboxylic acids is 1. The number of carbonyl (C=O) groups is 1. The van der Waals surface area contributed by atoms with Gasteiger partial charge in [0, 0.05) is 21.5 Å². The summed E-state index contributed by atoms with van der Waals surface area (Å²) in [6.45, 7) is 5.11. The number of nitrogens with two attached hydrogens (primary N) is 1. The largest absolute Gasteiger partial charge is 0.364 e. The fourth-order valence-electron chi connectivity index (χ4n) is 2.05. The van der Waals surface area contributed by atoms with Crippen LogP contribution in [0.2, 0.25) is 5.02 Å². The fraction of sp³-hybridized carbons (Fsp3) is 0.308. The lowest BCUT2D eigenvalue weighted by Crippen LogP contribution is -2.41. The molecule has 0 spiro atoms. The number of aromatic amines is 1. The van der Waals surface area contributed by atoms with E-state index in [1.165, 1.54) is 6.07 Å². The monoisotopic (exact) mass is 329 g/mol. The van der Waals surface area contributed by atoms with Crippen LogP contribution in [0.4, 0.5) is 0 Å². The van der Waals surface area contributed by atoms with E-state index in [0.717, 1.165) is 0 Å². The van der Waals surface area contributed by atoms with Crippen molar-refractivity contribution in [1.29, 1.82) is 0 Å². The molecule has 8 heteroatoms. The quantitative estimate of drug-likeness (QED) is 0.801. The Balaban J connectivity index is 2.80. The number of H-pyrrole nitrogens is 1. The molecule has 1 aromatic carbocycles. The van der Waals surface area contributed by atoms with Crippen LogP contribution in [0.25, 0.3) is 10.9 Å². The summed E-state index contributed by atoms with van der Waals surface area (Å²) in [6, 6.07) is 4.68. The van der Waals surface area contributed by atoms with Crippen molar-refractivity contribution in [2.24, 2.45) is 5.73 Å². The molecule has 0 unspecified atom stereocenters. The van der Waals surface area contributed by atoms with E-state index in [1.54, 1.807) is 32.9 Å². The highest BCUT2D eigenvalue weighted by atomic mass is 35.5. The molecule has 2 aromatic rings. The molecular formula is C13H16ClN3O3S. The first-order valence-corrected chi connectivity index (χ1v) is 8.02. The van der Waals surface area contributed by atoms with Crippen LogP contribution in [0.3, 0.4) is 0 Å². The van der Waals surface area contributed by atoms with Crippen molar-refractivity contribution in [3.05, 3.63) is 28.9 Å². The maximum absolute atomic E-state index is 12.6. The van der Waals surface area contributed by atoms with Crippen molar-refractivity contribution in [1.82, 2.24) is 9.71 Å². The molecule has 4 N–H and O–H groups in total. The van der Waals surface area contributed by atoms with Gasteiger partial charge < -0.3 is 10.7 Å². The Hall–Kier alpha value is -1.57. The second kappa shape index (κ2) is 5.01. The predicted octanol–water partition coefficient (Wildman–Crippen LogP) is 2.00. The number of amides is 1. The molecule has 2 rings (SSSR count).